The van der Waals surface area contributed by atoms with Crippen molar-refractivity contribution in [3.63, 3.8) is 0 Å². The average Bonchev–Trinajstić information content (AvgIpc) is 2.69. The lowest BCUT2D eigenvalue weighted by atomic mass is 9.85. The first kappa shape index (κ1) is 12.1. The predicted molar refractivity (Wildman–Crippen MR) is 69.6 cm³/mol. The van der Waals surface area contributed by atoms with Gasteiger partial charge in [-0.2, -0.15) is 0 Å². The summed E-state index contributed by atoms with van der Waals surface area (Å²) < 4.78 is 0. The molecule has 0 bridgehead atoms. The normalized spacial score (nSPS) is 21.3. The second-order valence-electron chi connectivity index (χ2n) is 4.90. The minimum absolute atomic E-state index is 0.323. The van der Waals surface area contributed by atoms with Gasteiger partial charge in [-0.3, -0.25) is 0 Å². The molecule has 2 nitrogen and oxygen atoms in total. The van der Waals surface area contributed by atoms with Gasteiger partial charge in [0.25, 0.3) is 0 Å². The highest BCUT2D eigenvalue weighted by molar-refractivity contribution is 7.09. The molecule has 2 rings (SSSR count). The maximum Gasteiger partial charge on any atom is 0.0940 e. The van der Waals surface area contributed by atoms with Crippen molar-refractivity contribution in [2.45, 2.75) is 57.4 Å². The molecule has 0 aromatic carbocycles. The molecule has 1 heterocycles. The van der Waals surface area contributed by atoms with E-state index in [1.54, 1.807) is 11.3 Å². The van der Waals surface area contributed by atoms with E-state index in [0.717, 1.165) is 12.3 Å². The smallest absolute Gasteiger partial charge is 0.0940 e. The summed E-state index contributed by atoms with van der Waals surface area (Å²) in [6.45, 7) is 0. The number of aromatic nitrogens is 1. The van der Waals surface area contributed by atoms with Crippen LogP contribution >= 0.6 is 11.3 Å². The quantitative estimate of drug-likeness (QED) is 0.877. The molecule has 0 aliphatic heterocycles. The molecule has 3 heteroatoms. The number of nitrogens with zero attached hydrogens (tertiary/aromatic N) is 1. The molecule has 1 saturated carbocycles. The molecule has 1 aliphatic carbocycles. The van der Waals surface area contributed by atoms with Crippen LogP contribution in [0.15, 0.2) is 11.6 Å². The predicted octanol–water partition coefficient (Wildman–Crippen LogP) is 3.37. The zero-order valence-electron chi connectivity index (χ0n) is 9.90. The third kappa shape index (κ3) is 3.56. The molecule has 2 N–H and O–H groups in total. The zero-order chi connectivity index (χ0) is 11.2. The molecule has 0 spiro atoms. The molecule has 0 amide bonds. The van der Waals surface area contributed by atoms with Crippen molar-refractivity contribution < 1.29 is 0 Å². The fraction of sp³-hybridized carbons (Fsp3) is 0.769. The monoisotopic (exact) mass is 238 g/mol. The Labute approximate surface area is 102 Å². The number of hydrogen-bond donors (Lipinski definition) is 1. The Morgan fingerprint density at radius 2 is 1.94 bits per heavy atom. The van der Waals surface area contributed by atoms with Crippen LogP contribution in [0.5, 0.6) is 0 Å². The van der Waals surface area contributed by atoms with E-state index in [1.165, 1.54) is 50.0 Å². The molecule has 1 atom stereocenters. The van der Waals surface area contributed by atoms with E-state index in [2.05, 4.69) is 4.98 Å². The van der Waals surface area contributed by atoms with Crippen LogP contribution in [0, 0.1) is 5.92 Å². The number of hydrogen-bond acceptors (Lipinski definition) is 3. The standard InChI is InChI=1S/C13H22N2S/c14-12(10-13-15-8-9-16-13)11-6-4-2-1-3-5-7-11/h8-9,11-12H,1-7,10,14H2. The first-order valence-electron chi connectivity index (χ1n) is 6.50. The molecule has 1 aliphatic rings. The molecule has 0 radical (unpaired) electrons. The Morgan fingerprint density at radius 1 is 1.25 bits per heavy atom. The van der Waals surface area contributed by atoms with Crippen LogP contribution in [0.3, 0.4) is 0 Å². The fourth-order valence-corrected chi connectivity index (χ4v) is 3.33. The summed E-state index contributed by atoms with van der Waals surface area (Å²) in [4.78, 5) is 4.33. The van der Waals surface area contributed by atoms with E-state index >= 15 is 0 Å². The van der Waals surface area contributed by atoms with Crippen LogP contribution < -0.4 is 5.73 Å². The molecule has 90 valence electrons. The highest BCUT2D eigenvalue weighted by Crippen LogP contribution is 2.25. The van der Waals surface area contributed by atoms with E-state index in [-0.39, 0.29) is 0 Å². The van der Waals surface area contributed by atoms with Gasteiger partial charge in [0.05, 0.1) is 5.01 Å². The van der Waals surface area contributed by atoms with Crippen molar-refractivity contribution in [3.05, 3.63) is 16.6 Å². The highest BCUT2D eigenvalue weighted by atomic mass is 32.1. The van der Waals surface area contributed by atoms with Gasteiger partial charge in [-0.25, -0.2) is 4.98 Å². The summed E-state index contributed by atoms with van der Waals surface area (Å²) in [6, 6.07) is 0.323. The highest BCUT2D eigenvalue weighted by Gasteiger charge is 2.19. The van der Waals surface area contributed by atoms with Gasteiger partial charge in [0.2, 0.25) is 0 Å². The molecular formula is C13H22N2S. The van der Waals surface area contributed by atoms with E-state index in [1.807, 2.05) is 11.6 Å². The Bertz CT molecular complexity index is 276. The van der Waals surface area contributed by atoms with Crippen LogP contribution in [0.4, 0.5) is 0 Å². The maximum atomic E-state index is 6.33. The zero-order valence-corrected chi connectivity index (χ0v) is 10.7. The van der Waals surface area contributed by atoms with Crippen molar-refractivity contribution in [1.29, 1.82) is 0 Å². The van der Waals surface area contributed by atoms with Crippen LogP contribution in [-0.4, -0.2) is 11.0 Å². The van der Waals surface area contributed by atoms with Crippen molar-refractivity contribution in [1.82, 2.24) is 4.98 Å². The third-order valence-electron chi connectivity index (χ3n) is 3.65. The molecule has 1 unspecified atom stereocenters. The Morgan fingerprint density at radius 3 is 2.56 bits per heavy atom. The van der Waals surface area contributed by atoms with Crippen LogP contribution in [0.25, 0.3) is 0 Å². The molecule has 1 fully saturated rings. The van der Waals surface area contributed by atoms with E-state index in [9.17, 15) is 0 Å². The topological polar surface area (TPSA) is 38.9 Å². The Hall–Kier alpha value is -0.410. The summed E-state index contributed by atoms with van der Waals surface area (Å²) in [5, 5.41) is 3.25. The first-order chi connectivity index (χ1) is 7.86. The van der Waals surface area contributed by atoms with Crippen molar-refractivity contribution in [3.8, 4) is 0 Å². The second kappa shape index (κ2) is 6.36. The van der Waals surface area contributed by atoms with Gasteiger partial charge in [-0.15, -0.1) is 11.3 Å². The van der Waals surface area contributed by atoms with Gasteiger partial charge in [0, 0.05) is 24.0 Å². The van der Waals surface area contributed by atoms with Crippen molar-refractivity contribution in [2.75, 3.05) is 0 Å². The van der Waals surface area contributed by atoms with Gasteiger partial charge in [-0.1, -0.05) is 32.1 Å². The number of thiazole rings is 1. The minimum atomic E-state index is 0.323. The van der Waals surface area contributed by atoms with E-state index < -0.39 is 0 Å². The number of rotatable bonds is 3. The Balaban J connectivity index is 1.84. The summed E-state index contributed by atoms with van der Waals surface area (Å²) in [7, 11) is 0. The number of nitrogens with two attached hydrogens (primary N) is 1. The summed E-state index contributed by atoms with van der Waals surface area (Å²) in [5.41, 5.74) is 6.33. The molecule has 16 heavy (non-hydrogen) atoms. The van der Waals surface area contributed by atoms with Crippen molar-refractivity contribution in [2.24, 2.45) is 11.7 Å². The molecular weight excluding hydrogens is 216 g/mol. The molecule has 1 aromatic rings. The lowest BCUT2D eigenvalue weighted by molar-refractivity contribution is 0.322. The minimum Gasteiger partial charge on any atom is -0.327 e. The summed E-state index contributed by atoms with van der Waals surface area (Å²) in [6.07, 6.45) is 12.5. The van der Waals surface area contributed by atoms with Crippen LogP contribution in [0.2, 0.25) is 0 Å². The largest absolute Gasteiger partial charge is 0.327 e. The van der Waals surface area contributed by atoms with Gasteiger partial charge >= 0.3 is 0 Å². The van der Waals surface area contributed by atoms with Gasteiger partial charge in [0.1, 0.15) is 0 Å². The summed E-state index contributed by atoms with van der Waals surface area (Å²) in [5.74, 6) is 0.726. The molecule has 1 aromatic heterocycles. The average molecular weight is 238 g/mol. The second-order valence-corrected chi connectivity index (χ2v) is 5.88. The first-order valence-corrected chi connectivity index (χ1v) is 7.38. The Kier molecular flexibility index (Phi) is 4.79. The lowest BCUT2D eigenvalue weighted by Crippen LogP contribution is -2.32. The fourth-order valence-electron chi connectivity index (χ4n) is 2.64. The third-order valence-corrected chi connectivity index (χ3v) is 4.45. The SMILES string of the molecule is NC(Cc1nccs1)C1CCCCCCC1. The van der Waals surface area contributed by atoms with E-state index in [0.29, 0.717) is 6.04 Å². The maximum absolute atomic E-state index is 6.33. The molecule has 0 saturated heterocycles. The lowest BCUT2D eigenvalue weighted by Gasteiger charge is -2.25. The van der Waals surface area contributed by atoms with Crippen LogP contribution in [-0.2, 0) is 6.42 Å². The van der Waals surface area contributed by atoms with Crippen molar-refractivity contribution >= 4 is 11.3 Å². The van der Waals surface area contributed by atoms with Gasteiger partial charge in [-0.05, 0) is 18.8 Å². The van der Waals surface area contributed by atoms with Gasteiger partial charge in [0.15, 0.2) is 0 Å². The van der Waals surface area contributed by atoms with E-state index in [4.69, 9.17) is 5.73 Å². The van der Waals surface area contributed by atoms with Gasteiger partial charge < -0.3 is 5.73 Å². The van der Waals surface area contributed by atoms with Crippen LogP contribution in [0.1, 0.15) is 50.0 Å². The summed E-state index contributed by atoms with van der Waals surface area (Å²) >= 11 is 1.73.